The van der Waals surface area contributed by atoms with Crippen molar-refractivity contribution in [2.45, 2.75) is 49.8 Å². The Balaban J connectivity index is 2.38. The van der Waals surface area contributed by atoms with Crippen molar-refractivity contribution in [3.8, 4) is 0 Å². The van der Waals surface area contributed by atoms with Gasteiger partial charge in [0.15, 0.2) is 0 Å². The first-order chi connectivity index (χ1) is 10.4. The Bertz CT molecular complexity index is 587. The lowest BCUT2D eigenvalue weighted by atomic mass is 9.82. The number of halogens is 2. The highest BCUT2D eigenvalue weighted by Gasteiger charge is 2.29. The summed E-state index contributed by atoms with van der Waals surface area (Å²) in [5, 5.41) is 18.8. The minimum absolute atomic E-state index is 0.144. The minimum atomic E-state index is -1.24. The Morgan fingerprint density at radius 3 is 2.59 bits per heavy atom. The summed E-state index contributed by atoms with van der Waals surface area (Å²) in [5.41, 5.74) is 0.109. The second-order valence-corrected chi connectivity index (χ2v) is 6.14. The number of benzene rings is 1. The van der Waals surface area contributed by atoms with Gasteiger partial charge in [-0.2, -0.15) is 0 Å². The van der Waals surface area contributed by atoms with Gasteiger partial charge in [0.25, 0.3) is 5.69 Å². The van der Waals surface area contributed by atoms with E-state index in [-0.39, 0.29) is 29.2 Å². The number of alkyl halides is 1. The molecule has 1 fully saturated rings. The lowest BCUT2D eigenvalue weighted by Gasteiger charge is -2.22. The number of aliphatic carboxylic acids is 1. The Labute approximate surface area is 132 Å². The second-order valence-electron chi connectivity index (χ2n) is 5.61. The highest BCUT2D eigenvalue weighted by Crippen LogP contribution is 2.39. The number of carboxylic acids is 1. The fourth-order valence-corrected chi connectivity index (χ4v) is 3.19. The predicted molar refractivity (Wildman–Crippen MR) is 79.9 cm³/mol. The van der Waals surface area contributed by atoms with Crippen LogP contribution in [0.4, 0.5) is 10.1 Å². The first-order valence-electron chi connectivity index (χ1n) is 7.23. The molecule has 1 unspecified atom stereocenters. The first kappa shape index (κ1) is 16.7. The number of hydrogen-bond donors (Lipinski definition) is 1. The van der Waals surface area contributed by atoms with E-state index >= 15 is 0 Å². The van der Waals surface area contributed by atoms with Gasteiger partial charge in [-0.05, 0) is 36.8 Å². The number of nitrogens with zero attached hydrogens (tertiary/aromatic N) is 1. The Kier molecular flexibility index (Phi) is 5.34. The number of nitro benzene ring substituents is 1. The monoisotopic (exact) mass is 329 g/mol. The standard InChI is InChI=1S/C15H17ClFNO4/c16-11(15(19)20)6-9-7-12(17)14(13(8-9)18(21)22)10-4-2-1-3-5-10/h7-8,10-11H,1-6H2,(H,19,20). The van der Waals surface area contributed by atoms with E-state index in [1.807, 2.05) is 0 Å². The zero-order chi connectivity index (χ0) is 16.3. The third-order valence-corrected chi connectivity index (χ3v) is 4.40. The van der Waals surface area contributed by atoms with Crippen LogP contribution in [0.15, 0.2) is 12.1 Å². The average Bonchev–Trinajstić information content (AvgIpc) is 2.47. The molecule has 1 N–H and O–H groups in total. The molecular weight excluding hydrogens is 313 g/mol. The van der Waals surface area contributed by atoms with Gasteiger partial charge in [-0.15, -0.1) is 11.6 Å². The van der Waals surface area contributed by atoms with Crippen molar-refractivity contribution in [1.29, 1.82) is 0 Å². The molecule has 5 nitrogen and oxygen atoms in total. The SMILES string of the molecule is O=C(O)C(Cl)Cc1cc(F)c(C2CCCCC2)c([N+](=O)[O-])c1. The van der Waals surface area contributed by atoms with Crippen molar-refractivity contribution >= 4 is 23.3 Å². The van der Waals surface area contributed by atoms with Gasteiger partial charge in [-0.25, -0.2) is 4.39 Å². The Hall–Kier alpha value is -1.69. The number of hydrogen-bond acceptors (Lipinski definition) is 3. The van der Waals surface area contributed by atoms with E-state index in [4.69, 9.17) is 16.7 Å². The zero-order valence-corrected chi connectivity index (χ0v) is 12.7. The summed E-state index contributed by atoms with van der Waals surface area (Å²) in [6, 6.07) is 2.43. The van der Waals surface area contributed by atoms with E-state index in [0.717, 1.165) is 32.1 Å². The first-order valence-corrected chi connectivity index (χ1v) is 7.67. The highest BCUT2D eigenvalue weighted by atomic mass is 35.5. The maximum atomic E-state index is 14.4. The molecule has 0 radical (unpaired) electrons. The molecule has 1 saturated carbocycles. The molecule has 0 aliphatic heterocycles. The zero-order valence-electron chi connectivity index (χ0n) is 11.9. The maximum absolute atomic E-state index is 14.4. The van der Waals surface area contributed by atoms with Crippen LogP contribution < -0.4 is 0 Å². The van der Waals surface area contributed by atoms with Crippen LogP contribution in [-0.4, -0.2) is 21.4 Å². The lowest BCUT2D eigenvalue weighted by molar-refractivity contribution is -0.386. The third-order valence-electron chi connectivity index (χ3n) is 4.06. The summed E-state index contributed by atoms with van der Waals surface area (Å²) >= 11 is 5.63. The topological polar surface area (TPSA) is 80.4 Å². The van der Waals surface area contributed by atoms with E-state index in [1.165, 1.54) is 12.1 Å². The quantitative estimate of drug-likeness (QED) is 0.502. The van der Waals surface area contributed by atoms with Crippen LogP contribution in [0, 0.1) is 15.9 Å². The fraction of sp³-hybridized carbons (Fsp3) is 0.533. The Morgan fingerprint density at radius 2 is 2.05 bits per heavy atom. The van der Waals surface area contributed by atoms with Crippen molar-refractivity contribution in [2.75, 3.05) is 0 Å². The van der Waals surface area contributed by atoms with Crippen molar-refractivity contribution in [1.82, 2.24) is 0 Å². The van der Waals surface area contributed by atoms with Crippen LogP contribution in [-0.2, 0) is 11.2 Å². The number of nitro groups is 1. The van der Waals surface area contributed by atoms with Gasteiger partial charge >= 0.3 is 5.97 Å². The van der Waals surface area contributed by atoms with E-state index in [0.29, 0.717) is 0 Å². The number of carboxylic acid groups (broad SMARTS) is 1. The van der Waals surface area contributed by atoms with Crippen molar-refractivity contribution in [2.24, 2.45) is 0 Å². The molecule has 22 heavy (non-hydrogen) atoms. The molecule has 0 spiro atoms. The maximum Gasteiger partial charge on any atom is 0.321 e. The van der Waals surface area contributed by atoms with E-state index < -0.39 is 22.1 Å². The molecule has 120 valence electrons. The largest absolute Gasteiger partial charge is 0.480 e. The molecule has 0 amide bonds. The molecule has 7 heteroatoms. The van der Waals surface area contributed by atoms with Crippen LogP contribution in [0.5, 0.6) is 0 Å². The highest BCUT2D eigenvalue weighted by molar-refractivity contribution is 6.29. The summed E-state index contributed by atoms with van der Waals surface area (Å²) < 4.78 is 14.4. The van der Waals surface area contributed by atoms with Crippen molar-refractivity contribution in [3.63, 3.8) is 0 Å². The van der Waals surface area contributed by atoms with Crippen LogP contribution in [0.25, 0.3) is 0 Å². The molecule has 1 aromatic rings. The van der Waals surface area contributed by atoms with Gasteiger partial charge in [0.2, 0.25) is 0 Å². The minimum Gasteiger partial charge on any atom is -0.480 e. The molecule has 2 rings (SSSR count). The van der Waals surface area contributed by atoms with Crippen molar-refractivity contribution in [3.05, 3.63) is 39.2 Å². The second kappa shape index (κ2) is 7.05. The molecule has 1 aliphatic carbocycles. The molecule has 0 saturated heterocycles. The van der Waals surface area contributed by atoms with Gasteiger partial charge in [0.1, 0.15) is 11.2 Å². The predicted octanol–water partition coefficient (Wildman–Crippen LogP) is 4.02. The summed E-state index contributed by atoms with van der Waals surface area (Å²) in [5.74, 6) is -2.01. The van der Waals surface area contributed by atoms with Gasteiger partial charge in [0.05, 0.1) is 10.5 Å². The fourth-order valence-electron chi connectivity index (χ4n) is 3.02. The van der Waals surface area contributed by atoms with Crippen molar-refractivity contribution < 1.29 is 19.2 Å². The van der Waals surface area contributed by atoms with Gasteiger partial charge < -0.3 is 5.11 Å². The molecule has 1 atom stereocenters. The van der Waals surface area contributed by atoms with Crippen LogP contribution in [0.3, 0.4) is 0 Å². The number of rotatable bonds is 5. The van der Waals surface area contributed by atoms with Crippen LogP contribution in [0.2, 0.25) is 0 Å². The molecule has 1 aromatic carbocycles. The molecule has 0 bridgehead atoms. The Morgan fingerprint density at radius 1 is 1.41 bits per heavy atom. The summed E-state index contributed by atoms with van der Waals surface area (Å²) in [6.45, 7) is 0. The van der Waals surface area contributed by atoms with Gasteiger partial charge in [-0.1, -0.05) is 19.3 Å². The molecule has 1 aliphatic rings. The average molecular weight is 330 g/mol. The van der Waals surface area contributed by atoms with E-state index in [9.17, 15) is 19.3 Å². The summed E-state index contributed by atoms with van der Waals surface area (Å²) in [6.07, 6.45) is 4.27. The summed E-state index contributed by atoms with van der Waals surface area (Å²) in [7, 11) is 0. The molecular formula is C15H17ClFNO4. The van der Waals surface area contributed by atoms with Gasteiger partial charge in [0, 0.05) is 6.07 Å². The van der Waals surface area contributed by atoms with E-state index in [1.54, 1.807) is 0 Å². The third kappa shape index (κ3) is 3.74. The lowest BCUT2D eigenvalue weighted by Crippen LogP contribution is -2.17. The van der Waals surface area contributed by atoms with Gasteiger partial charge in [-0.3, -0.25) is 14.9 Å². The van der Waals surface area contributed by atoms with Crippen LogP contribution >= 0.6 is 11.6 Å². The number of carbonyl (C=O) groups is 1. The van der Waals surface area contributed by atoms with E-state index in [2.05, 4.69) is 0 Å². The molecule has 0 heterocycles. The normalized spacial score (nSPS) is 17.2. The molecule has 0 aromatic heterocycles. The smallest absolute Gasteiger partial charge is 0.321 e. The summed E-state index contributed by atoms with van der Waals surface area (Å²) in [4.78, 5) is 21.4. The van der Waals surface area contributed by atoms with Crippen LogP contribution in [0.1, 0.15) is 49.1 Å².